The maximum Gasteiger partial charge on any atom is 0.291 e. The van der Waals surface area contributed by atoms with E-state index in [1.807, 2.05) is 12.1 Å². The minimum atomic E-state index is 0.298. The second kappa shape index (κ2) is 8.19. The summed E-state index contributed by atoms with van der Waals surface area (Å²) >= 11 is 7.28. The molecule has 5 rings (SSSR count). The normalized spacial score (nSPS) is 28.0. The molecule has 3 aliphatic rings. The Morgan fingerprint density at radius 1 is 1.00 bits per heavy atom. The fourth-order valence-electron chi connectivity index (χ4n) is 5.55. The highest BCUT2D eigenvalue weighted by molar-refractivity contribution is 6.99. The molecule has 3 fully saturated rings. The summed E-state index contributed by atoms with van der Waals surface area (Å²) in [5, 5.41) is 0.778. The zero-order valence-electron chi connectivity index (χ0n) is 16.1. The molecule has 1 heterocycles. The van der Waals surface area contributed by atoms with Crippen molar-refractivity contribution in [3.05, 3.63) is 34.9 Å². The summed E-state index contributed by atoms with van der Waals surface area (Å²) in [6.45, 7) is 0.616. The van der Waals surface area contributed by atoms with Crippen LogP contribution in [0.2, 0.25) is 5.02 Å². The fourth-order valence-corrected chi connectivity index (χ4v) is 6.12. The molecule has 1 aromatic heterocycles. The van der Waals surface area contributed by atoms with Crippen LogP contribution in [-0.2, 0) is 0 Å². The molecule has 28 heavy (non-hydrogen) atoms. The zero-order chi connectivity index (χ0) is 18.9. The number of hydrogen-bond acceptors (Lipinski definition) is 5. The van der Waals surface area contributed by atoms with E-state index in [1.165, 1.54) is 62.2 Å². The zero-order valence-corrected chi connectivity index (χ0v) is 17.6. The molecule has 1 aromatic carbocycles. The summed E-state index contributed by atoms with van der Waals surface area (Å²) in [6, 6.07) is 8.24. The molecule has 0 N–H and O–H groups in total. The van der Waals surface area contributed by atoms with E-state index < -0.39 is 0 Å². The molecular weight excluding hydrogens is 392 g/mol. The lowest BCUT2D eigenvalue weighted by Crippen LogP contribution is -2.24. The second-order valence-corrected chi connectivity index (χ2v) is 9.68. The van der Waals surface area contributed by atoms with Crippen LogP contribution in [0.15, 0.2) is 24.3 Å². The minimum Gasteiger partial charge on any atom is -0.473 e. The third kappa shape index (κ3) is 3.88. The van der Waals surface area contributed by atoms with Crippen LogP contribution >= 0.6 is 23.3 Å². The molecule has 2 bridgehead atoms. The number of nitrogens with zero attached hydrogens (tertiary/aromatic N) is 2. The minimum absolute atomic E-state index is 0.298. The average molecular weight is 419 g/mol. The average Bonchev–Trinajstić information content (AvgIpc) is 3.49. The Bertz CT molecular complexity index is 790. The van der Waals surface area contributed by atoms with Crippen molar-refractivity contribution in [2.24, 2.45) is 17.8 Å². The molecule has 0 aliphatic heterocycles. The second-order valence-electron chi connectivity index (χ2n) is 8.72. The van der Waals surface area contributed by atoms with Gasteiger partial charge in [-0.15, -0.1) is 8.75 Å². The van der Waals surface area contributed by atoms with Gasteiger partial charge in [0, 0.05) is 10.9 Å². The molecule has 2 aromatic rings. The Kier molecular flexibility index (Phi) is 5.47. The number of ether oxygens (including phenoxy) is 2. The van der Waals surface area contributed by atoms with Crippen molar-refractivity contribution in [1.29, 1.82) is 0 Å². The smallest absolute Gasteiger partial charge is 0.291 e. The molecular formula is C22H27ClN2O2S. The van der Waals surface area contributed by atoms with E-state index in [0.29, 0.717) is 42.2 Å². The Balaban J connectivity index is 1.27. The van der Waals surface area contributed by atoms with Gasteiger partial charge in [-0.05, 0) is 74.0 Å². The van der Waals surface area contributed by atoms with Crippen LogP contribution in [0.4, 0.5) is 0 Å². The molecule has 0 radical (unpaired) electrons. The van der Waals surface area contributed by atoms with E-state index in [1.54, 1.807) is 0 Å². The quantitative estimate of drug-likeness (QED) is 0.543. The van der Waals surface area contributed by atoms with Crippen LogP contribution < -0.4 is 9.47 Å². The van der Waals surface area contributed by atoms with Gasteiger partial charge in [-0.3, -0.25) is 0 Å². The van der Waals surface area contributed by atoms with Gasteiger partial charge in [-0.25, -0.2) is 0 Å². The summed E-state index contributed by atoms with van der Waals surface area (Å²) in [5.74, 6) is 3.73. The fraction of sp³-hybridized carbons (Fsp3) is 0.636. The van der Waals surface area contributed by atoms with Crippen molar-refractivity contribution in [1.82, 2.24) is 8.75 Å². The van der Waals surface area contributed by atoms with Crippen LogP contribution in [0.1, 0.15) is 62.8 Å². The first-order chi connectivity index (χ1) is 13.8. The topological polar surface area (TPSA) is 44.2 Å². The van der Waals surface area contributed by atoms with Crippen LogP contribution in [-0.4, -0.2) is 21.5 Å². The Morgan fingerprint density at radius 3 is 2.50 bits per heavy atom. The third-order valence-electron chi connectivity index (χ3n) is 7.03. The molecule has 4 nitrogen and oxygen atoms in total. The van der Waals surface area contributed by atoms with Gasteiger partial charge < -0.3 is 9.47 Å². The van der Waals surface area contributed by atoms with E-state index in [4.69, 9.17) is 21.1 Å². The third-order valence-corrected chi connectivity index (χ3v) is 7.78. The van der Waals surface area contributed by atoms with E-state index in [-0.39, 0.29) is 0 Å². The van der Waals surface area contributed by atoms with Gasteiger partial charge in [0.15, 0.2) is 0 Å². The molecule has 0 spiro atoms. The van der Waals surface area contributed by atoms with Crippen LogP contribution in [0, 0.1) is 17.8 Å². The van der Waals surface area contributed by atoms with Gasteiger partial charge >= 0.3 is 0 Å². The van der Waals surface area contributed by atoms with Gasteiger partial charge in [0.1, 0.15) is 6.10 Å². The van der Waals surface area contributed by atoms with Crippen LogP contribution in [0.5, 0.6) is 11.8 Å². The van der Waals surface area contributed by atoms with Crippen LogP contribution in [0.3, 0.4) is 0 Å². The van der Waals surface area contributed by atoms with Crippen molar-refractivity contribution in [2.75, 3.05) is 6.61 Å². The maximum absolute atomic E-state index is 6.25. The van der Waals surface area contributed by atoms with Gasteiger partial charge in [0.05, 0.1) is 18.3 Å². The number of fused-ring (bicyclic) bond motifs is 2. The van der Waals surface area contributed by atoms with Crippen LogP contribution in [0.25, 0.3) is 0 Å². The van der Waals surface area contributed by atoms with Crippen molar-refractivity contribution >= 4 is 23.3 Å². The van der Waals surface area contributed by atoms with E-state index in [9.17, 15) is 0 Å². The molecule has 6 heteroatoms. The first kappa shape index (κ1) is 18.7. The lowest BCUT2D eigenvalue weighted by Gasteiger charge is -2.24. The summed E-state index contributed by atoms with van der Waals surface area (Å²) in [4.78, 5) is 0. The number of rotatable bonds is 7. The largest absolute Gasteiger partial charge is 0.473 e. The first-order valence-electron chi connectivity index (χ1n) is 10.6. The monoisotopic (exact) mass is 418 g/mol. The Labute approximate surface area is 175 Å². The molecule has 3 aliphatic carbocycles. The number of aromatic nitrogens is 2. The number of hydrogen-bond donors (Lipinski definition) is 0. The highest BCUT2D eigenvalue weighted by atomic mass is 35.5. The lowest BCUT2D eigenvalue weighted by atomic mass is 9.85. The van der Waals surface area contributed by atoms with Gasteiger partial charge in [-0.1, -0.05) is 36.6 Å². The lowest BCUT2D eigenvalue weighted by molar-refractivity contribution is 0.124. The number of halogens is 1. The highest BCUT2D eigenvalue weighted by Crippen LogP contribution is 2.46. The van der Waals surface area contributed by atoms with Crippen molar-refractivity contribution in [2.45, 2.75) is 63.4 Å². The molecule has 4 atom stereocenters. The maximum atomic E-state index is 6.25. The molecule has 1 unspecified atom stereocenters. The van der Waals surface area contributed by atoms with Crippen molar-refractivity contribution in [3.63, 3.8) is 0 Å². The summed E-state index contributed by atoms with van der Waals surface area (Å²) < 4.78 is 21.2. The first-order valence-corrected chi connectivity index (χ1v) is 11.7. The molecule has 0 saturated heterocycles. The molecule has 3 saturated carbocycles. The van der Waals surface area contributed by atoms with E-state index in [0.717, 1.165) is 17.4 Å². The van der Waals surface area contributed by atoms with E-state index >= 15 is 0 Å². The highest BCUT2D eigenvalue weighted by Gasteiger charge is 2.41. The predicted molar refractivity (Wildman–Crippen MR) is 111 cm³/mol. The van der Waals surface area contributed by atoms with Gasteiger partial charge in [0.2, 0.25) is 0 Å². The Morgan fingerprint density at radius 2 is 1.79 bits per heavy atom. The summed E-state index contributed by atoms with van der Waals surface area (Å²) in [7, 11) is 0. The summed E-state index contributed by atoms with van der Waals surface area (Å²) in [5.41, 5.74) is 1.30. The number of benzene rings is 1. The standard InChI is InChI=1S/C22H27ClN2O2S/c23-18-9-7-16(8-10-18)19(15-3-1-2-4-15)13-26-21-22(25-28-24-21)27-20-12-14-5-6-17(20)11-14/h7-10,14-15,17,19-20H,1-6,11-13H2/t14-,17+,19?,20+/m0/s1. The van der Waals surface area contributed by atoms with Gasteiger partial charge in [-0.2, -0.15) is 0 Å². The molecule has 0 amide bonds. The Hall–Kier alpha value is -1.33. The SMILES string of the molecule is Clc1ccc(C(COc2nsnc2O[C@@H]2C[C@H]3CC[C@@H]2C3)C2CCCC2)cc1. The molecule has 150 valence electrons. The van der Waals surface area contributed by atoms with Crippen molar-refractivity contribution in [3.8, 4) is 11.8 Å². The summed E-state index contributed by atoms with van der Waals surface area (Å²) in [6.07, 6.45) is 10.6. The predicted octanol–water partition coefficient (Wildman–Crippen LogP) is 6.11. The van der Waals surface area contributed by atoms with Gasteiger partial charge in [0.25, 0.3) is 11.8 Å². The van der Waals surface area contributed by atoms with Crippen molar-refractivity contribution < 1.29 is 9.47 Å². The van der Waals surface area contributed by atoms with E-state index in [2.05, 4.69) is 20.9 Å².